The zero-order valence-electron chi connectivity index (χ0n) is 12.4. The van der Waals surface area contributed by atoms with Gasteiger partial charge in [0, 0.05) is 10.6 Å². The van der Waals surface area contributed by atoms with Crippen LogP contribution >= 0.6 is 11.6 Å². The van der Waals surface area contributed by atoms with E-state index in [0.717, 1.165) is 29.7 Å². The maximum Gasteiger partial charge on any atom is 0.124 e. The molecular formula is C17H21ClN2O. The van der Waals surface area contributed by atoms with Crippen LogP contribution in [0.25, 0.3) is 0 Å². The Morgan fingerprint density at radius 3 is 2.71 bits per heavy atom. The fourth-order valence-electron chi connectivity index (χ4n) is 2.51. The van der Waals surface area contributed by atoms with Gasteiger partial charge in [-0.15, -0.1) is 0 Å². The topological polar surface area (TPSA) is 47.3 Å². The Morgan fingerprint density at radius 1 is 1.24 bits per heavy atom. The number of aryl methyl sites for hydroxylation is 1. The Hall–Kier alpha value is -1.55. The molecular weight excluding hydrogens is 284 g/mol. The number of nitrogens with two attached hydrogens (primary N) is 1. The molecule has 2 aromatic rings. The molecule has 1 atom stereocenters. The van der Waals surface area contributed by atoms with Crippen molar-refractivity contribution in [3.8, 4) is 5.75 Å². The van der Waals surface area contributed by atoms with Crippen molar-refractivity contribution >= 4 is 11.6 Å². The van der Waals surface area contributed by atoms with Gasteiger partial charge in [0.05, 0.1) is 13.2 Å². The summed E-state index contributed by atoms with van der Waals surface area (Å²) >= 11 is 6.12. The fourth-order valence-corrected chi connectivity index (χ4v) is 2.69. The Labute approximate surface area is 131 Å². The molecule has 0 aliphatic carbocycles. The van der Waals surface area contributed by atoms with Crippen molar-refractivity contribution in [3.63, 3.8) is 0 Å². The molecule has 0 saturated carbocycles. The van der Waals surface area contributed by atoms with Gasteiger partial charge in [-0.05, 0) is 35.7 Å². The van der Waals surface area contributed by atoms with E-state index in [2.05, 4.69) is 36.6 Å². The van der Waals surface area contributed by atoms with Gasteiger partial charge >= 0.3 is 0 Å². The molecule has 3 nitrogen and oxygen atoms in total. The van der Waals surface area contributed by atoms with Crippen LogP contribution in [-0.4, -0.2) is 7.11 Å². The van der Waals surface area contributed by atoms with Crippen LogP contribution < -0.4 is 16.0 Å². The molecule has 0 amide bonds. The summed E-state index contributed by atoms with van der Waals surface area (Å²) in [5.41, 5.74) is 6.20. The smallest absolute Gasteiger partial charge is 0.124 e. The monoisotopic (exact) mass is 304 g/mol. The summed E-state index contributed by atoms with van der Waals surface area (Å²) in [6.45, 7) is 2.17. The third-order valence-electron chi connectivity index (χ3n) is 3.49. The largest absolute Gasteiger partial charge is 0.496 e. The minimum Gasteiger partial charge on any atom is -0.496 e. The highest BCUT2D eigenvalue weighted by Crippen LogP contribution is 2.32. The van der Waals surface area contributed by atoms with Gasteiger partial charge < -0.3 is 4.74 Å². The van der Waals surface area contributed by atoms with Crippen LogP contribution in [0.3, 0.4) is 0 Å². The Kier molecular flexibility index (Phi) is 5.62. The van der Waals surface area contributed by atoms with Crippen molar-refractivity contribution in [2.24, 2.45) is 5.84 Å². The number of rotatable bonds is 6. The molecule has 0 spiro atoms. The number of hydrazine groups is 1. The SMILES string of the molecule is CCCc1cccc(C(NN)c2cc(Cl)ccc2OC)c1. The molecule has 0 radical (unpaired) electrons. The lowest BCUT2D eigenvalue weighted by molar-refractivity contribution is 0.404. The van der Waals surface area contributed by atoms with Gasteiger partial charge in [-0.25, -0.2) is 5.43 Å². The van der Waals surface area contributed by atoms with Gasteiger partial charge in [-0.3, -0.25) is 5.84 Å². The van der Waals surface area contributed by atoms with E-state index in [1.165, 1.54) is 5.56 Å². The second-order valence-corrected chi connectivity index (χ2v) is 5.42. The average molecular weight is 305 g/mol. The minimum atomic E-state index is -0.157. The van der Waals surface area contributed by atoms with E-state index >= 15 is 0 Å². The number of ether oxygens (including phenoxy) is 1. The molecule has 112 valence electrons. The first-order chi connectivity index (χ1) is 10.2. The molecule has 0 aliphatic rings. The van der Waals surface area contributed by atoms with Crippen LogP contribution in [0.2, 0.25) is 5.02 Å². The summed E-state index contributed by atoms with van der Waals surface area (Å²) < 4.78 is 5.43. The zero-order valence-corrected chi connectivity index (χ0v) is 13.2. The fraction of sp³-hybridized carbons (Fsp3) is 0.294. The molecule has 0 bridgehead atoms. The number of hydrogen-bond donors (Lipinski definition) is 2. The summed E-state index contributed by atoms with van der Waals surface area (Å²) in [6, 6.07) is 13.8. The van der Waals surface area contributed by atoms with Gasteiger partial charge in [0.25, 0.3) is 0 Å². The summed E-state index contributed by atoms with van der Waals surface area (Å²) in [5.74, 6) is 6.55. The van der Waals surface area contributed by atoms with Gasteiger partial charge in [-0.2, -0.15) is 0 Å². The van der Waals surface area contributed by atoms with E-state index in [-0.39, 0.29) is 6.04 Å². The van der Waals surface area contributed by atoms with Crippen molar-refractivity contribution in [1.82, 2.24) is 5.43 Å². The van der Waals surface area contributed by atoms with E-state index in [1.54, 1.807) is 7.11 Å². The van der Waals surface area contributed by atoms with Gasteiger partial charge in [-0.1, -0.05) is 49.2 Å². The maximum atomic E-state index is 6.12. The van der Waals surface area contributed by atoms with Crippen LogP contribution in [0, 0.1) is 0 Å². The first-order valence-corrected chi connectivity index (χ1v) is 7.45. The van der Waals surface area contributed by atoms with Crippen LogP contribution in [0.4, 0.5) is 0 Å². The minimum absolute atomic E-state index is 0.157. The standard InChI is InChI=1S/C17H21ClN2O/c1-3-5-12-6-4-7-13(10-12)17(20-19)15-11-14(18)8-9-16(15)21-2/h4,6-11,17,20H,3,5,19H2,1-2H3. The predicted octanol–water partition coefficient (Wildman–Crippen LogP) is 3.85. The normalized spacial score (nSPS) is 12.2. The van der Waals surface area contributed by atoms with E-state index in [1.807, 2.05) is 18.2 Å². The lowest BCUT2D eigenvalue weighted by Gasteiger charge is -2.20. The highest BCUT2D eigenvalue weighted by atomic mass is 35.5. The Balaban J connectivity index is 2.44. The molecule has 0 heterocycles. The molecule has 1 unspecified atom stereocenters. The molecule has 3 N–H and O–H groups in total. The number of halogens is 1. The second kappa shape index (κ2) is 7.46. The molecule has 0 aromatic heterocycles. The number of nitrogens with one attached hydrogen (secondary N) is 1. The third kappa shape index (κ3) is 3.76. The van der Waals surface area contributed by atoms with E-state index in [9.17, 15) is 0 Å². The van der Waals surface area contributed by atoms with Crippen LogP contribution in [0.15, 0.2) is 42.5 Å². The summed E-state index contributed by atoms with van der Waals surface area (Å²) in [6.07, 6.45) is 2.17. The van der Waals surface area contributed by atoms with Crippen molar-refractivity contribution in [2.75, 3.05) is 7.11 Å². The van der Waals surface area contributed by atoms with Crippen LogP contribution in [0.5, 0.6) is 5.75 Å². The van der Waals surface area contributed by atoms with E-state index in [4.69, 9.17) is 22.2 Å². The summed E-state index contributed by atoms with van der Waals surface area (Å²) in [4.78, 5) is 0. The molecule has 0 saturated heterocycles. The van der Waals surface area contributed by atoms with E-state index < -0.39 is 0 Å². The summed E-state index contributed by atoms with van der Waals surface area (Å²) in [5, 5.41) is 0.663. The average Bonchev–Trinajstić information content (AvgIpc) is 2.49. The Bertz CT molecular complexity index is 601. The molecule has 0 aliphatic heterocycles. The van der Waals surface area contributed by atoms with E-state index in [0.29, 0.717) is 5.02 Å². The lowest BCUT2D eigenvalue weighted by atomic mass is 9.96. The van der Waals surface area contributed by atoms with Crippen molar-refractivity contribution in [3.05, 3.63) is 64.2 Å². The molecule has 2 rings (SSSR count). The molecule has 0 fully saturated rings. The molecule has 21 heavy (non-hydrogen) atoms. The highest BCUT2D eigenvalue weighted by molar-refractivity contribution is 6.30. The second-order valence-electron chi connectivity index (χ2n) is 4.98. The first kappa shape index (κ1) is 15.8. The van der Waals surface area contributed by atoms with Gasteiger partial charge in [0.15, 0.2) is 0 Å². The van der Waals surface area contributed by atoms with Crippen molar-refractivity contribution < 1.29 is 4.74 Å². The van der Waals surface area contributed by atoms with Crippen molar-refractivity contribution in [2.45, 2.75) is 25.8 Å². The number of methoxy groups -OCH3 is 1. The first-order valence-electron chi connectivity index (χ1n) is 7.08. The highest BCUT2D eigenvalue weighted by Gasteiger charge is 2.17. The quantitative estimate of drug-likeness (QED) is 0.629. The maximum absolute atomic E-state index is 6.12. The van der Waals surface area contributed by atoms with Gasteiger partial charge in [0.1, 0.15) is 5.75 Å². The predicted molar refractivity (Wildman–Crippen MR) is 87.6 cm³/mol. The molecule has 4 heteroatoms. The van der Waals surface area contributed by atoms with Crippen LogP contribution in [0.1, 0.15) is 36.1 Å². The van der Waals surface area contributed by atoms with Gasteiger partial charge in [0.2, 0.25) is 0 Å². The van der Waals surface area contributed by atoms with Crippen molar-refractivity contribution in [1.29, 1.82) is 0 Å². The third-order valence-corrected chi connectivity index (χ3v) is 3.73. The number of benzene rings is 2. The van der Waals surface area contributed by atoms with Crippen LogP contribution in [-0.2, 0) is 6.42 Å². The Morgan fingerprint density at radius 2 is 2.05 bits per heavy atom. The number of hydrogen-bond acceptors (Lipinski definition) is 3. The summed E-state index contributed by atoms with van der Waals surface area (Å²) in [7, 11) is 1.65. The molecule has 2 aromatic carbocycles. The lowest BCUT2D eigenvalue weighted by Crippen LogP contribution is -2.29. The zero-order chi connectivity index (χ0) is 15.2.